The van der Waals surface area contributed by atoms with Crippen molar-refractivity contribution in [2.45, 2.75) is 67.9 Å². The lowest BCUT2D eigenvalue weighted by atomic mass is 10.1. The highest BCUT2D eigenvalue weighted by Crippen LogP contribution is 2.35. The zero-order chi connectivity index (χ0) is 30.9. The third-order valence-electron chi connectivity index (χ3n) is 4.91. The van der Waals surface area contributed by atoms with Crippen LogP contribution in [-0.4, -0.2) is 46.4 Å². The van der Waals surface area contributed by atoms with Crippen LogP contribution in [0.15, 0.2) is 53.8 Å². The van der Waals surface area contributed by atoms with Crippen molar-refractivity contribution in [3.63, 3.8) is 0 Å². The van der Waals surface area contributed by atoms with E-state index < -0.39 is 7.82 Å². The van der Waals surface area contributed by atoms with Crippen molar-refractivity contribution in [3.05, 3.63) is 71.0 Å². The minimum absolute atomic E-state index is 0.0624. The first kappa shape index (κ1) is 36.8. The molecule has 40 heavy (non-hydrogen) atoms. The summed E-state index contributed by atoms with van der Waals surface area (Å²) in [5.74, 6) is 0.323. The first-order valence-corrected chi connectivity index (χ1v) is 14.5. The summed E-state index contributed by atoms with van der Waals surface area (Å²) in [7, 11) is -4.44. The quantitative estimate of drug-likeness (QED) is 0.160. The Kier molecular flexibility index (Phi) is 17.5. The van der Waals surface area contributed by atoms with Crippen molar-refractivity contribution >= 4 is 30.9 Å². The molecule has 0 aliphatic carbocycles. The van der Waals surface area contributed by atoms with Crippen LogP contribution in [0.1, 0.15) is 75.0 Å². The van der Waals surface area contributed by atoms with E-state index in [4.69, 9.17) is 14.5 Å². The number of ketones is 1. The van der Waals surface area contributed by atoms with Crippen LogP contribution in [0.2, 0.25) is 0 Å². The minimum Gasteiger partial charge on any atom is -0.491 e. The zero-order valence-corrected chi connectivity index (χ0v) is 25.4. The first-order chi connectivity index (χ1) is 18.7. The van der Waals surface area contributed by atoms with Gasteiger partial charge in [-0.2, -0.15) is 0 Å². The molecule has 0 aliphatic heterocycles. The summed E-state index contributed by atoms with van der Waals surface area (Å²) in [4.78, 5) is 43.9. The molecular formula is C29H42FN2O7P. The number of aryl methyl sites for hydroxylation is 2. The Morgan fingerprint density at radius 3 is 2.10 bits per heavy atom. The van der Waals surface area contributed by atoms with Crippen molar-refractivity contribution in [1.29, 1.82) is 0 Å². The fourth-order valence-corrected chi connectivity index (χ4v) is 3.24. The van der Waals surface area contributed by atoms with Gasteiger partial charge in [0.25, 0.3) is 5.91 Å². The largest absolute Gasteiger partial charge is 0.491 e. The number of carbonyl (C=O) groups is 2. The minimum atomic E-state index is -4.44. The molecule has 0 aliphatic rings. The molecule has 3 N–H and O–H groups in total. The Bertz CT molecular complexity index is 1190. The average molecular weight is 581 g/mol. The molecule has 222 valence electrons. The number of hydrogen-bond donors (Lipinski definition) is 3. The lowest BCUT2D eigenvalue weighted by Crippen LogP contribution is -2.25. The Hall–Kier alpha value is -3.17. The molecule has 0 atom stereocenters. The second-order valence-corrected chi connectivity index (χ2v) is 9.93. The number of phosphoric acid groups is 1. The van der Waals surface area contributed by atoms with E-state index in [1.54, 1.807) is 37.3 Å². The molecule has 1 amide bonds. The van der Waals surface area contributed by atoms with Crippen molar-refractivity contribution < 1.29 is 37.6 Å². The topological polar surface area (TPSA) is 135 Å². The molecule has 2 rings (SSSR count). The van der Waals surface area contributed by atoms with Gasteiger partial charge in [0.1, 0.15) is 12.1 Å². The van der Waals surface area contributed by atoms with Crippen LogP contribution >= 0.6 is 7.82 Å². The fourth-order valence-electron chi connectivity index (χ4n) is 2.87. The van der Waals surface area contributed by atoms with Gasteiger partial charge in [-0.15, -0.1) is 0 Å². The third-order valence-corrected chi connectivity index (χ3v) is 5.43. The predicted octanol–water partition coefficient (Wildman–Crippen LogP) is 6.35. The van der Waals surface area contributed by atoms with E-state index in [0.717, 1.165) is 16.9 Å². The molecule has 0 radical (unpaired) electrons. The lowest BCUT2D eigenvalue weighted by Gasteiger charge is -2.13. The highest BCUT2D eigenvalue weighted by molar-refractivity contribution is 7.46. The number of phosphoric ester groups is 1. The van der Waals surface area contributed by atoms with Gasteiger partial charge in [0, 0.05) is 24.6 Å². The van der Waals surface area contributed by atoms with Gasteiger partial charge < -0.3 is 19.8 Å². The maximum absolute atomic E-state index is 12.7. The number of ether oxygens (including phenoxy) is 1. The second kappa shape index (κ2) is 19.0. The molecule has 0 aromatic heterocycles. The Morgan fingerprint density at radius 1 is 1.05 bits per heavy atom. The predicted molar refractivity (Wildman–Crippen MR) is 157 cm³/mol. The van der Waals surface area contributed by atoms with Gasteiger partial charge in [-0.25, -0.2) is 13.9 Å². The molecule has 0 saturated carbocycles. The molecule has 0 fully saturated rings. The molecule has 2 aromatic rings. The molecule has 2 aromatic carbocycles. The van der Waals surface area contributed by atoms with Gasteiger partial charge in [0.2, 0.25) is 0 Å². The van der Waals surface area contributed by atoms with Crippen molar-refractivity contribution in [1.82, 2.24) is 5.32 Å². The van der Waals surface area contributed by atoms with Crippen LogP contribution < -0.4 is 10.1 Å². The van der Waals surface area contributed by atoms with Gasteiger partial charge in [0.15, 0.2) is 5.78 Å². The van der Waals surface area contributed by atoms with Crippen molar-refractivity contribution in [2.24, 2.45) is 4.99 Å². The van der Waals surface area contributed by atoms with E-state index in [-0.39, 0.29) is 36.6 Å². The molecule has 11 heteroatoms. The number of benzene rings is 2. The van der Waals surface area contributed by atoms with E-state index in [1.165, 1.54) is 6.92 Å². The van der Waals surface area contributed by atoms with Crippen LogP contribution in [0.5, 0.6) is 5.75 Å². The van der Waals surface area contributed by atoms with E-state index in [9.17, 15) is 18.5 Å². The number of carbonyl (C=O) groups excluding carboxylic acids is 2. The second-order valence-electron chi connectivity index (χ2n) is 8.69. The number of nitrogens with one attached hydrogen (secondary N) is 1. The van der Waals surface area contributed by atoms with Crippen LogP contribution in [0, 0.1) is 13.8 Å². The normalized spacial score (nSPS) is 11.6. The highest BCUT2D eigenvalue weighted by atomic mass is 31.2. The van der Waals surface area contributed by atoms with Crippen LogP contribution in [0.4, 0.5) is 4.39 Å². The Morgan fingerprint density at radius 2 is 1.62 bits per heavy atom. The summed E-state index contributed by atoms with van der Waals surface area (Å²) in [6.07, 6.45) is 0.786. The van der Waals surface area contributed by atoms with E-state index >= 15 is 0 Å². The van der Waals surface area contributed by atoms with E-state index in [0.29, 0.717) is 29.6 Å². The zero-order valence-electron chi connectivity index (χ0n) is 24.5. The summed E-state index contributed by atoms with van der Waals surface area (Å²) in [6, 6.07) is 12.5. The van der Waals surface area contributed by atoms with Crippen molar-refractivity contribution in [3.8, 4) is 5.75 Å². The van der Waals surface area contributed by atoms with Crippen LogP contribution in [0.25, 0.3) is 5.70 Å². The summed E-state index contributed by atoms with van der Waals surface area (Å²) in [5.41, 5.74) is 3.59. The van der Waals surface area contributed by atoms with Gasteiger partial charge in [-0.05, 0) is 64.8 Å². The summed E-state index contributed by atoms with van der Waals surface area (Å²) < 4.78 is 33.0. The Balaban J connectivity index is 0.000000747. The Labute approximate surface area is 236 Å². The fraction of sp³-hybridized carbons (Fsp3) is 0.414. The van der Waals surface area contributed by atoms with E-state index in [1.807, 2.05) is 53.7 Å². The van der Waals surface area contributed by atoms with Gasteiger partial charge >= 0.3 is 7.82 Å². The lowest BCUT2D eigenvalue weighted by molar-refractivity contribution is -0.111. The van der Waals surface area contributed by atoms with E-state index in [2.05, 4.69) is 14.8 Å². The molecule has 9 nitrogen and oxygen atoms in total. The first-order valence-electron chi connectivity index (χ1n) is 12.9. The molecule has 0 saturated heterocycles. The molecule has 0 bridgehead atoms. The standard InChI is InChI=1S/C14H22NO6P.C13H14FNO.C2H6/c1-10(2)21-13-6-5-12(9-11(13)3)14(16)15-7-4-8-20-22(17,18)19;1-9-4-6-12(7-5-9)13(8-14)15-10(2)11(3)16;1-2/h5-6,9-10H,4,7-8H2,1-3H3,(H,15,16)(H2,17,18,19);4-8H,1-3H3;1-2H3/b;13-8-,15-10?;. The van der Waals surface area contributed by atoms with Gasteiger partial charge in [-0.1, -0.05) is 43.7 Å². The number of aliphatic imine (C=N–C) groups is 1. The average Bonchev–Trinajstić information content (AvgIpc) is 2.89. The summed E-state index contributed by atoms with van der Waals surface area (Å²) in [5, 5.41) is 2.66. The SMILES string of the molecule is CC.CC(=O)C(C)=N/C(=C\F)c1ccc(C)cc1.Cc1cc(C(=O)NCCCOP(=O)(O)O)ccc1OC(C)C. The number of amides is 1. The maximum Gasteiger partial charge on any atom is 0.469 e. The third kappa shape index (κ3) is 15.4. The molecule has 0 spiro atoms. The molecule has 0 heterocycles. The molecule has 0 unspecified atom stereocenters. The van der Waals surface area contributed by atoms with Gasteiger partial charge in [0.05, 0.1) is 24.1 Å². The highest BCUT2D eigenvalue weighted by Gasteiger charge is 2.13. The van der Waals surface area contributed by atoms with Crippen molar-refractivity contribution in [2.75, 3.05) is 13.2 Å². The van der Waals surface area contributed by atoms with Gasteiger partial charge in [-0.3, -0.25) is 14.1 Å². The smallest absolute Gasteiger partial charge is 0.469 e. The summed E-state index contributed by atoms with van der Waals surface area (Å²) >= 11 is 0. The number of rotatable bonds is 11. The number of nitrogens with zero attached hydrogens (tertiary/aromatic N) is 1. The molecular weight excluding hydrogens is 538 g/mol. The number of halogens is 1. The number of hydrogen-bond acceptors (Lipinski definition) is 6. The number of Topliss-reactive ketones (excluding diaryl/α,β-unsaturated/α-hetero) is 1. The summed E-state index contributed by atoms with van der Waals surface area (Å²) in [6.45, 7) is 14.8. The van der Waals surface area contributed by atoms with Crippen LogP contribution in [0.3, 0.4) is 0 Å². The maximum atomic E-state index is 12.7. The van der Waals surface area contributed by atoms with Crippen LogP contribution in [-0.2, 0) is 13.9 Å². The monoisotopic (exact) mass is 580 g/mol.